The number of nitrogens with zero attached hydrogens (tertiary/aromatic N) is 1. The summed E-state index contributed by atoms with van der Waals surface area (Å²) in [7, 11) is 0. The van der Waals surface area contributed by atoms with Gasteiger partial charge in [-0.2, -0.15) is 5.26 Å². The fraction of sp³-hybridized carbons (Fsp3) is 0.429. The monoisotopic (exact) mass is 244 g/mol. The van der Waals surface area contributed by atoms with Crippen molar-refractivity contribution < 1.29 is 9.90 Å². The van der Waals surface area contributed by atoms with Gasteiger partial charge in [-0.05, 0) is 37.0 Å². The van der Waals surface area contributed by atoms with Gasteiger partial charge in [0, 0.05) is 0 Å². The Balaban J connectivity index is 2.15. The van der Waals surface area contributed by atoms with Gasteiger partial charge in [0.05, 0.1) is 11.3 Å². The zero-order valence-electron chi connectivity index (χ0n) is 10.3. The number of anilines is 1. The van der Waals surface area contributed by atoms with Crippen molar-refractivity contribution in [2.75, 3.05) is 5.32 Å². The molecule has 94 valence electrons. The third-order valence-corrected chi connectivity index (χ3v) is 3.19. The fourth-order valence-corrected chi connectivity index (χ4v) is 1.97. The molecule has 0 saturated heterocycles. The molecular weight excluding hydrogens is 228 g/mol. The summed E-state index contributed by atoms with van der Waals surface area (Å²) in [5.41, 5.74) is 2.10. The lowest BCUT2D eigenvalue weighted by molar-refractivity contribution is -0.138. The van der Waals surface area contributed by atoms with Crippen molar-refractivity contribution in [3.63, 3.8) is 0 Å². The normalized spacial score (nSPS) is 15.8. The van der Waals surface area contributed by atoms with E-state index in [4.69, 9.17) is 5.26 Å². The summed E-state index contributed by atoms with van der Waals surface area (Å²) in [5.74, 6) is -0.332. The Bertz CT molecular complexity index is 501. The Morgan fingerprint density at radius 2 is 2.33 bits per heavy atom. The molecule has 4 nitrogen and oxygen atoms in total. The number of carboxylic acids is 1. The highest BCUT2D eigenvalue weighted by molar-refractivity contribution is 5.78. The zero-order valence-corrected chi connectivity index (χ0v) is 10.3. The number of aryl methyl sites for hydroxylation is 1. The lowest BCUT2D eigenvalue weighted by Gasteiger charge is -2.16. The first kappa shape index (κ1) is 12.4. The number of benzene rings is 1. The van der Waals surface area contributed by atoms with E-state index in [1.807, 2.05) is 13.0 Å². The SMILES string of the molecule is Cc1ccc(NC(CC2CC2)C(=O)O)c(C#N)c1. The molecule has 1 aliphatic rings. The summed E-state index contributed by atoms with van der Waals surface area (Å²) in [6.45, 7) is 1.91. The van der Waals surface area contributed by atoms with Gasteiger partial charge in [0.1, 0.15) is 12.1 Å². The maximum atomic E-state index is 11.2. The maximum absolute atomic E-state index is 11.2. The van der Waals surface area contributed by atoms with E-state index in [2.05, 4.69) is 11.4 Å². The highest BCUT2D eigenvalue weighted by atomic mass is 16.4. The van der Waals surface area contributed by atoms with Crippen LogP contribution in [0, 0.1) is 24.2 Å². The van der Waals surface area contributed by atoms with Crippen LogP contribution in [0.25, 0.3) is 0 Å². The van der Waals surface area contributed by atoms with Gasteiger partial charge in [-0.1, -0.05) is 18.9 Å². The maximum Gasteiger partial charge on any atom is 0.326 e. The molecule has 4 heteroatoms. The van der Waals surface area contributed by atoms with Crippen LogP contribution in [0.1, 0.15) is 30.4 Å². The molecule has 1 fully saturated rings. The Kier molecular flexibility index (Phi) is 3.52. The van der Waals surface area contributed by atoms with E-state index in [0.29, 0.717) is 23.6 Å². The summed E-state index contributed by atoms with van der Waals surface area (Å²) in [6, 6.07) is 6.90. The number of hydrogen-bond acceptors (Lipinski definition) is 3. The Labute approximate surface area is 106 Å². The molecule has 1 aliphatic carbocycles. The molecule has 0 heterocycles. The van der Waals surface area contributed by atoms with E-state index in [-0.39, 0.29) is 0 Å². The third-order valence-electron chi connectivity index (χ3n) is 3.19. The molecule has 0 radical (unpaired) electrons. The highest BCUT2D eigenvalue weighted by Gasteiger charge is 2.29. The number of aliphatic carboxylic acids is 1. The van der Waals surface area contributed by atoms with Crippen LogP contribution in [0.5, 0.6) is 0 Å². The molecule has 1 aromatic rings. The molecule has 1 unspecified atom stereocenters. The second kappa shape index (κ2) is 5.09. The van der Waals surface area contributed by atoms with Crippen LogP contribution in [-0.2, 0) is 4.79 Å². The van der Waals surface area contributed by atoms with Crippen molar-refractivity contribution in [3.8, 4) is 6.07 Å². The largest absolute Gasteiger partial charge is 0.480 e. The van der Waals surface area contributed by atoms with Crippen LogP contribution in [0.3, 0.4) is 0 Å². The van der Waals surface area contributed by atoms with Gasteiger partial charge in [0.25, 0.3) is 0 Å². The van der Waals surface area contributed by atoms with Crippen molar-refractivity contribution in [1.82, 2.24) is 0 Å². The van der Waals surface area contributed by atoms with E-state index in [9.17, 15) is 9.90 Å². The molecule has 18 heavy (non-hydrogen) atoms. The molecule has 2 N–H and O–H groups in total. The van der Waals surface area contributed by atoms with Gasteiger partial charge in [-0.3, -0.25) is 0 Å². The minimum absolute atomic E-state index is 0.497. The standard InChI is InChI=1S/C14H16N2O2/c1-9-2-5-12(11(6-9)8-15)16-13(14(17)18)7-10-3-4-10/h2,5-6,10,13,16H,3-4,7H2,1H3,(H,17,18). The first-order chi connectivity index (χ1) is 8.60. The summed E-state index contributed by atoms with van der Waals surface area (Å²) in [4.78, 5) is 11.2. The minimum atomic E-state index is -0.855. The smallest absolute Gasteiger partial charge is 0.326 e. The molecular formula is C14H16N2O2. The Morgan fingerprint density at radius 1 is 1.61 bits per heavy atom. The second-order valence-electron chi connectivity index (χ2n) is 4.88. The molecule has 1 saturated carbocycles. The van der Waals surface area contributed by atoms with E-state index in [1.54, 1.807) is 12.1 Å². The fourth-order valence-electron chi connectivity index (χ4n) is 1.97. The van der Waals surface area contributed by atoms with E-state index < -0.39 is 12.0 Å². The molecule has 0 aliphatic heterocycles. The first-order valence-electron chi connectivity index (χ1n) is 6.10. The number of nitrogens with one attached hydrogen (secondary N) is 1. The van der Waals surface area contributed by atoms with Crippen LogP contribution in [0.4, 0.5) is 5.69 Å². The lowest BCUT2D eigenvalue weighted by Crippen LogP contribution is -2.30. The summed E-state index contributed by atoms with van der Waals surface area (Å²) < 4.78 is 0. The van der Waals surface area contributed by atoms with E-state index >= 15 is 0 Å². The van der Waals surface area contributed by atoms with E-state index in [0.717, 1.165) is 18.4 Å². The van der Waals surface area contributed by atoms with Crippen molar-refractivity contribution >= 4 is 11.7 Å². The summed E-state index contributed by atoms with van der Waals surface area (Å²) in [6.07, 6.45) is 2.86. The Morgan fingerprint density at radius 3 is 2.89 bits per heavy atom. The van der Waals surface area contributed by atoms with Gasteiger partial charge >= 0.3 is 5.97 Å². The van der Waals surface area contributed by atoms with Gasteiger partial charge < -0.3 is 10.4 Å². The number of rotatable bonds is 5. The average molecular weight is 244 g/mol. The molecule has 0 amide bonds. The molecule has 0 bridgehead atoms. The predicted octanol–water partition coefficient (Wildman–Crippen LogP) is 2.53. The van der Waals surface area contributed by atoms with Crippen LogP contribution in [0.15, 0.2) is 18.2 Å². The van der Waals surface area contributed by atoms with E-state index in [1.165, 1.54) is 0 Å². The lowest BCUT2D eigenvalue weighted by atomic mass is 10.1. The van der Waals surface area contributed by atoms with Crippen molar-refractivity contribution in [2.45, 2.75) is 32.2 Å². The number of carbonyl (C=O) groups is 1. The molecule has 2 rings (SSSR count). The summed E-state index contributed by atoms with van der Waals surface area (Å²) in [5, 5.41) is 21.2. The quantitative estimate of drug-likeness (QED) is 0.834. The van der Waals surface area contributed by atoms with Gasteiger partial charge in [-0.25, -0.2) is 4.79 Å². The molecule has 0 aromatic heterocycles. The van der Waals surface area contributed by atoms with Crippen molar-refractivity contribution in [2.24, 2.45) is 5.92 Å². The average Bonchev–Trinajstić information content (AvgIpc) is 3.14. The van der Waals surface area contributed by atoms with Crippen molar-refractivity contribution in [3.05, 3.63) is 29.3 Å². The Hall–Kier alpha value is -2.02. The molecule has 1 aromatic carbocycles. The minimum Gasteiger partial charge on any atom is -0.480 e. The number of hydrogen-bond donors (Lipinski definition) is 2. The van der Waals surface area contributed by atoms with Crippen LogP contribution in [-0.4, -0.2) is 17.1 Å². The topological polar surface area (TPSA) is 73.1 Å². The number of carboxylic acid groups (broad SMARTS) is 1. The molecule has 1 atom stereocenters. The predicted molar refractivity (Wildman–Crippen MR) is 68.3 cm³/mol. The van der Waals surface area contributed by atoms with Gasteiger partial charge in [0.15, 0.2) is 0 Å². The van der Waals surface area contributed by atoms with Crippen LogP contribution in [0.2, 0.25) is 0 Å². The van der Waals surface area contributed by atoms with Crippen LogP contribution < -0.4 is 5.32 Å². The van der Waals surface area contributed by atoms with Gasteiger partial charge in [-0.15, -0.1) is 0 Å². The second-order valence-corrected chi connectivity index (χ2v) is 4.88. The molecule has 0 spiro atoms. The number of nitriles is 1. The van der Waals surface area contributed by atoms with Crippen LogP contribution >= 0.6 is 0 Å². The van der Waals surface area contributed by atoms with Crippen molar-refractivity contribution in [1.29, 1.82) is 5.26 Å². The highest BCUT2D eigenvalue weighted by Crippen LogP contribution is 2.34. The van der Waals surface area contributed by atoms with Gasteiger partial charge in [0.2, 0.25) is 0 Å². The summed E-state index contributed by atoms with van der Waals surface area (Å²) >= 11 is 0. The zero-order chi connectivity index (χ0) is 13.1. The third kappa shape index (κ3) is 3.01. The first-order valence-corrected chi connectivity index (χ1v) is 6.10.